The average Bonchev–Trinajstić information content (AvgIpc) is 2.69. The van der Waals surface area contributed by atoms with Gasteiger partial charge in [0.1, 0.15) is 0 Å². The Bertz CT molecular complexity index is 573. The highest BCUT2D eigenvalue weighted by atomic mass is 16.2. The van der Waals surface area contributed by atoms with Gasteiger partial charge in [-0.3, -0.25) is 9.59 Å². The van der Waals surface area contributed by atoms with Gasteiger partial charge in [0.25, 0.3) is 0 Å². The zero-order valence-electron chi connectivity index (χ0n) is 15.2. The van der Waals surface area contributed by atoms with E-state index in [2.05, 4.69) is 12.2 Å². The Morgan fingerprint density at radius 2 is 1.88 bits per heavy atom. The number of nitrogens with one attached hydrogen (secondary N) is 1. The van der Waals surface area contributed by atoms with E-state index in [1.54, 1.807) is 0 Å². The van der Waals surface area contributed by atoms with Crippen LogP contribution in [-0.4, -0.2) is 42.8 Å². The molecule has 0 spiro atoms. The molecule has 2 unspecified atom stereocenters. The number of piperidine rings is 2. The van der Waals surface area contributed by atoms with Crippen LogP contribution in [-0.2, 0) is 4.79 Å². The normalized spacial score (nSPS) is 23.2. The number of hydrogen-bond donors (Lipinski definition) is 1. The molecule has 1 aromatic carbocycles. The lowest BCUT2D eigenvalue weighted by atomic mass is 9.84. The molecule has 4 nitrogen and oxygen atoms in total. The molecule has 0 bridgehead atoms. The first-order chi connectivity index (χ1) is 12.1. The molecule has 3 rings (SSSR count). The van der Waals surface area contributed by atoms with E-state index in [-0.39, 0.29) is 17.6 Å². The highest BCUT2D eigenvalue weighted by molar-refractivity contribution is 5.98. The number of benzene rings is 1. The second-order valence-corrected chi connectivity index (χ2v) is 7.67. The molecule has 0 aromatic heterocycles. The Morgan fingerprint density at radius 3 is 2.52 bits per heavy atom. The highest BCUT2D eigenvalue weighted by Crippen LogP contribution is 2.26. The third kappa shape index (κ3) is 4.69. The molecule has 0 aliphatic carbocycles. The minimum Gasteiger partial charge on any atom is -0.343 e. The molecule has 2 aliphatic rings. The van der Waals surface area contributed by atoms with Crippen LogP contribution in [0, 0.1) is 17.8 Å². The van der Waals surface area contributed by atoms with Crippen molar-refractivity contribution in [1.82, 2.24) is 10.2 Å². The van der Waals surface area contributed by atoms with E-state index in [4.69, 9.17) is 0 Å². The molecule has 1 aromatic rings. The Hall–Kier alpha value is -1.68. The van der Waals surface area contributed by atoms with E-state index in [0.29, 0.717) is 18.3 Å². The number of Topliss-reactive ketones (excluding diaryl/α,β-unsaturated/α-hetero) is 1. The van der Waals surface area contributed by atoms with Gasteiger partial charge in [0.15, 0.2) is 5.78 Å². The molecule has 136 valence electrons. The van der Waals surface area contributed by atoms with Crippen molar-refractivity contribution in [2.75, 3.05) is 26.2 Å². The SMILES string of the molecule is CC(CC(=O)N1CCC(C(=O)c2ccccc2)CC1)C1CCCNC1. The first kappa shape index (κ1) is 18.1. The van der Waals surface area contributed by atoms with Gasteiger partial charge in [-0.25, -0.2) is 0 Å². The van der Waals surface area contributed by atoms with Crippen molar-refractivity contribution in [2.45, 2.75) is 39.0 Å². The minimum atomic E-state index is 0.0615. The average molecular weight is 342 g/mol. The van der Waals surface area contributed by atoms with Gasteiger partial charge >= 0.3 is 0 Å². The molecular weight excluding hydrogens is 312 g/mol. The van der Waals surface area contributed by atoms with Crippen LogP contribution >= 0.6 is 0 Å². The number of likely N-dealkylation sites (tertiary alicyclic amines) is 1. The van der Waals surface area contributed by atoms with E-state index >= 15 is 0 Å². The first-order valence-corrected chi connectivity index (χ1v) is 9.73. The van der Waals surface area contributed by atoms with Crippen molar-refractivity contribution < 1.29 is 9.59 Å². The Balaban J connectivity index is 1.46. The summed E-state index contributed by atoms with van der Waals surface area (Å²) < 4.78 is 0. The molecule has 2 atom stereocenters. The Morgan fingerprint density at radius 1 is 1.16 bits per heavy atom. The van der Waals surface area contributed by atoms with Crippen molar-refractivity contribution in [3.8, 4) is 0 Å². The Labute approximate surface area is 151 Å². The van der Waals surface area contributed by atoms with Crippen molar-refractivity contribution in [3.63, 3.8) is 0 Å². The largest absolute Gasteiger partial charge is 0.343 e. The molecular formula is C21H30N2O2. The highest BCUT2D eigenvalue weighted by Gasteiger charge is 2.29. The van der Waals surface area contributed by atoms with E-state index in [9.17, 15) is 9.59 Å². The van der Waals surface area contributed by atoms with Crippen LogP contribution in [0.5, 0.6) is 0 Å². The van der Waals surface area contributed by atoms with E-state index < -0.39 is 0 Å². The van der Waals surface area contributed by atoms with E-state index in [1.165, 1.54) is 12.8 Å². The van der Waals surface area contributed by atoms with Gasteiger partial charge in [-0.1, -0.05) is 37.3 Å². The van der Waals surface area contributed by atoms with Crippen LogP contribution in [0.25, 0.3) is 0 Å². The van der Waals surface area contributed by atoms with Crippen molar-refractivity contribution in [1.29, 1.82) is 0 Å². The fraction of sp³-hybridized carbons (Fsp3) is 0.619. The van der Waals surface area contributed by atoms with Gasteiger partial charge in [0.05, 0.1) is 0 Å². The number of carbonyl (C=O) groups is 2. The minimum absolute atomic E-state index is 0.0615. The summed E-state index contributed by atoms with van der Waals surface area (Å²) in [6.07, 6.45) is 4.67. The zero-order valence-corrected chi connectivity index (χ0v) is 15.2. The summed E-state index contributed by atoms with van der Waals surface area (Å²) >= 11 is 0. The lowest BCUT2D eigenvalue weighted by Gasteiger charge is -2.34. The summed E-state index contributed by atoms with van der Waals surface area (Å²) in [6, 6.07) is 9.53. The van der Waals surface area contributed by atoms with Crippen LogP contribution in [0.4, 0.5) is 0 Å². The maximum Gasteiger partial charge on any atom is 0.222 e. The summed E-state index contributed by atoms with van der Waals surface area (Å²) in [4.78, 5) is 27.1. The summed E-state index contributed by atoms with van der Waals surface area (Å²) in [6.45, 7) is 5.80. The topological polar surface area (TPSA) is 49.4 Å². The number of nitrogens with zero attached hydrogens (tertiary/aromatic N) is 1. The van der Waals surface area contributed by atoms with Crippen LogP contribution in [0.2, 0.25) is 0 Å². The Kier molecular flexibility index (Phi) is 6.24. The molecule has 1 amide bonds. The first-order valence-electron chi connectivity index (χ1n) is 9.73. The van der Waals surface area contributed by atoms with Crippen LogP contribution < -0.4 is 5.32 Å². The number of carbonyl (C=O) groups excluding carboxylic acids is 2. The van der Waals surface area contributed by atoms with Crippen molar-refractivity contribution >= 4 is 11.7 Å². The predicted octanol–water partition coefficient (Wildman–Crippen LogP) is 3.13. The van der Waals surface area contributed by atoms with E-state index in [0.717, 1.165) is 44.6 Å². The monoisotopic (exact) mass is 342 g/mol. The predicted molar refractivity (Wildman–Crippen MR) is 99.5 cm³/mol. The van der Waals surface area contributed by atoms with Crippen LogP contribution in [0.1, 0.15) is 49.4 Å². The van der Waals surface area contributed by atoms with Gasteiger partial charge < -0.3 is 10.2 Å². The van der Waals surface area contributed by atoms with Crippen molar-refractivity contribution in [3.05, 3.63) is 35.9 Å². The number of amides is 1. The second-order valence-electron chi connectivity index (χ2n) is 7.67. The lowest BCUT2D eigenvalue weighted by Crippen LogP contribution is -2.42. The van der Waals surface area contributed by atoms with Gasteiger partial charge in [-0.2, -0.15) is 0 Å². The van der Waals surface area contributed by atoms with Gasteiger partial charge in [-0.05, 0) is 50.6 Å². The number of ketones is 1. The van der Waals surface area contributed by atoms with Gasteiger partial charge in [-0.15, -0.1) is 0 Å². The fourth-order valence-corrected chi connectivity index (χ4v) is 4.16. The molecule has 2 heterocycles. The summed E-state index contributed by atoms with van der Waals surface area (Å²) in [7, 11) is 0. The van der Waals surface area contributed by atoms with Crippen LogP contribution in [0.15, 0.2) is 30.3 Å². The molecule has 0 saturated carbocycles. The molecule has 2 aliphatic heterocycles. The maximum atomic E-state index is 12.6. The second kappa shape index (κ2) is 8.61. The lowest BCUT2D eigenvalue weighted by molar-refractivity contribution is -0.133. The molecule has 2 fully saturated rings. The van der Waals surface area contributed by atoms with Crippen LogP contribution in [0.3, 0.4) is 0 Å². The number of hydrogen-bond acceptors (Lipinski definition) is 3. The third-order valence-electron chi connectivity index (χ3n) is 5.91. The number of rotatable bonds is 5. The molecule has 2 saturated heterocycles. The van der Waals surface area contributed by atoms with Crippen molar-refractivity contribution in [2.24, 2.45) is 17.8 Å². The zero-order chi connectivity index (χ0) is 17.6. The molecule has 0 radical (unpaired) electrons. The summed E-state index contributed by atoms with van der Waals surface area (Å²) in [5, 5.41) is 3.44. The summed E-state index contributed by atoms with van der Waals surface area (Å²) in [5.41, 5.74) is 0.797. The van der Waals surface area contributed by atoms with Gasteiger partial charge in [0.2, 0.25) is 5.91 Å². The van der Waals surface area contributed by atoms with E-state index in [1.807, 2.05) is 35.2 Å². The standard InChI is InChI=1S/C21H30N2O2/c1-16(19-8-5-11-22-15-19)14-20(24)23-12-9-18(10-13-23)21(25)17-6-3-2-4-7-17/h2-4,6-7,16,18-19,22H,5,8-15H2,1H3. The third-order valence-corrected chi connectivity index (χ3v) is 5.91. The maximum absolute atomic E-state index is 12.6. The summed E-state index contributed by atoms with van der Waals surface area (Å²) in [5.74, 6) is 1.61. The molecule has 1 N–H and O–H groups in total. The molecule has 4 heteroatoms. The van der Waals surface area contributed by atoms with Gasteiger partial charge in [0, 0.05) is 31.0 Å². The molecule has 25 heavy (non-hydrogen) atoms. The smallest absolute Gasteiger partial charge is 0.222 e. The fourth-order valence-electron chi connectivity index (χ4n) is 4.16. The quantitative estimate of drug-likeness (QED) is 0.837.